The van der Waals surface area contributed by atoms with Crippen molar-refractivity contribution in [2.45, 2.75) is 25.1 Å². The molecular weight excluding hydrogens is 361 g/mol. The summed E-state index contributed by atoms with van der Waals surface area (Å²) in [6, 6.07) is 4.36. The SMILES string of the molecule is O=C(NC1CCN(C(=O)OCCCl)CC1)c1ccccc1C(F)(F)F. The first-order valence-corrected chi connectivity index (χ1v) is 8.31. The Balaban J connectivity index is 1.92. The normalized spacial score (nSPS) is 15.8. The van der Waals surface area contributed by atoms with Crippen molar-refractivity contribution >= 4 is 23.6 Å². The van der Waals surface area contributed by atoms with Gasteiger partial charge in [0.2, 0.25) is 0 Å². The average molecular weight is 379 g/mol. The molecule has 5 nitrogen and oxygen atoms in total. The van der Waals surface area contributed by atoms with E-state index in [0.717, 1.165) is 12.1 Å². The van der Waals surface area contributed by atoms with Gasteiger partial charge in [0, 0.05) is 19.1 Å². The van der Waals surface area contributed by atoms with Crippen LogP contribution in [0.1, 0.15) is 28.8 Å². The van der Waals surface area contributed by atoms with Crippen LogP contribution < -0.4 is 5.32 Å². The zero-order valence-electron chi connectivity index (χ0n) is 13.3. The number of likely N-dealkylation sites (tertiary alicyclic amines) is 1. The minimum Gasteiger partial charge on any atom is -0.448 e. The van der Waals surface area contributed by atoms with E-state index in [1.54, 1.807) is 0 Å². The summed E-state index contributed by atoms with van der Waals surface area (Å²) in [6.07, 6.45) is -4.19. The fourth-order valence-corrected chi connectivity index (χ4v) is 2.69. The van der Waals surface area contributed by atoms with Crippen LogP contribution in [0.15, 0.2) is 24.3 Å². The Hall–Kier alpha value is -1.96. The van der Waals surface area contributed by atoms with Crippen LogP contribution in [0.2, 0.25) is 0 Å². The van der Waals surface area contributed by atoms with E-state index >= 15 is 0 Å². The van der Waals surface area contributed by atoms with E-state index in [1.807, 2.05) is 0 Å². The monoisotopic (exact) mass is 378 g/mol. The number of piperidine rings is 1. The van der Waals surface area contributed by atoms with Gasteiger partial charge in [0.25, 0.3) is 5.91 Å². The van der Waals surface area contributed by atoms with E-state index in [0.29, 0.717) is 25.9 Å². The topological polar surface area (TPSA) is 58.6 Å². The van der Waals surface area contributed by atoms with Crippen molar-refractivity contribution < 1.29 is 27.5 Å². The Labute approximate surface area is 148 Å². The van der Waals surface area contributed by atoms with E-state index in [2.05, 4.69) is 5.32 Å². The minimum absolute atomic E-state index is 0.116. The van der Waals surface area contributed by atoms with Crippen LogP contribution in [0.25, 0.3) is 0 Å². The number of hydrogen-bond donors (Lipinski definition) is 1. The largest absolute Gasteiger partial charge is 0.448 e. The van der Waals surface area contributed by atoms with E-state index in [4.69, 9.17) is 16.3 Å². The summed E-state index contributed by atoms with van der Waals surface area (Å²) in [4.78, 5) is 25.4. The molecule has 1 N–H and O–H groups in total. The summed E-state index contributed by atoms with van der Waals surface area (Å²) < 4.78 is 43.9. The van der Waals surface area contributed by atoms with Crippen molar-refractivity contribution in [1.82, 2.24) is 10.2 Å². The molecule has 1 aliphatic rings. The molecule has 0 bridgehead atoms. The van der Waals surface area contributed by atoms with Crippen LogP contribution in [-0.4, -0.2) is 48.5 Å². The Morgan fingerprint density at radius 2 is 1.88 bits per heavy atom. The highest BCUT2D eigenvalue weighted by Gasteiger charge is 2.35. The zero-order chi connectivity index (χ0) is 18.4. The first kappa shape index (κ1) is 19.4. The van der Waals surface area contributed by atoms with Gasteiger partial charge in [-0.3, -0.25) is 4.79 Å². The second-order valence-corrected chi connectivity index (χ2v) is 5.96. The van der Waals surface area contributed by atoms with Crippen LogP contribution in [-0.2, 0) is 10.9 Å². The molecule has 138 valence electrons. The summed E-state index contributed by atoms with van der Waals surface area (Å²) in [6.45, 7) is 0.825. The van der Waals surface area contributed by atoms with Gasteiger partial charge in [-0.1, -0.05) is 12.1 Å². The second-order valence-electron chi connectivity index (χ2n) is 5.58. The van der Waals surface area contributed by atoms with Crippen LogP contribution in [0.4, 0.5) is 18.0 Å². The van der Waals surface area contributed by atoms with Crippen LogP contribution >= 0.6 is 11.6 Å². The molecule has 0 unspecified atom stereocenters. The lowest BCUT2D eigenvalue weighted by Gasteiger charge is -2.31. The third-order valence-corrected chi connectivity index (χ3v) is 4.02. The standard InChI is InChI=1S/C16H18ClF3N2O3/c17-7-10-25-15(24)22-8-5-11(6-9-22)21-14(23)12-3-1-2-4-13(12)16(18,19)20/h1-4,11H,5-10H2,(H,21,23). The van der Waals surface area contributed by atoms with Crippen molar-refractivity contribution in [3.63, 3.8) is 0 Å². The predicted octanol–water partition coefficient (Wildman–Crippen LogP) is 3.28. The molecule has 1 aromatic carbocycles. The van der Waals surface area contributed by atoms with Crippen LogP contribution in [0, 0.1) is 0 Å². The minimum atomic E-state index is -4.59. The van der Waals surface area contributed by atoms with Crippen molar-refractivity contribution in [3.8, 4) is 0 Å². The molecule has 9 heteroatoms. The van der Waals surface area contributed by atoms with Gasteiger partial charge in [-0.15, -0.1) is 11.6 Å². The summed E-state index contributed by atoms with van der Waals surface area (Å²) in [5.74, 6) is -0.562. The van der Waals surface area contributed by atoms with Crippen molar-refractivity contribution in [1.29, 1.82) is 0 Å². The Morgan fingerprint density at radius 3 is 2.48 bits per heavy atom. The molecule has 2 amide bonds. The molecule has 0 spiro atoms. The number of carbonyl (C=O) groups excluding carboxylic acids is 2. The molecule has 1 saturated heterocycles. The number of halogens is 4. The molecule has 1 heterocycles. The van der Waals surface area contributed by atoms with Crippen molar-refractivity contribution in [2.24, 2.45) is 0 Å². The number of amides is 2. The number of alkyl halides is 4. The predicted molar refractivity (Wildman–Crippen MR) is 85.6 cm³/mol. The van der Waals surface area contributed by atoms with Gasteiger partial charge in [-0.25, -0.2) is 4.79 Å². The molecule has 0 atom stereocenters. The summed E-state index contributed by atoms with van der Waals surface area (Å²) >= 11 is 5.44. The molecule has 0 saturated carbocycles. The van der Waals surface area contributed by atoms with Gasteiger partial charge in [0.05, 0.1) is 17.0 Å². The third kappa shape index (κ3) is 5.26. The molecule has 1 fully saturated rings. The van der Waals surface area contributed by atoms with Gasteiger partial charge in [0.1, 0.15) is 6.61 Å². The Morgan fingerprint density at radius 1 is 1.24 bits per heavy atom. The van der Waals surface area contributed by atoms with Crippen LogP contribution in [0.3, 0.4) is 0 Å². The summed E-state index contributed by atoms with van der Waals surface area (Å²) in [5.41, 5.74) is -1.37. The molecule has 2 rings (SSSR count). The second kappa shape index (κ2) is 8.42. The first-order chi connectivity index (χ1) is 11.8. The number of hydrogen-bond acceptors (Lipinski definition) is 3. The molecule has 0 aromatic heterocycles. The summed E-state index contributed by atoms with van der Waals surface area (Å²) in [5, 5.41) is 2.61. The number of benzene rings is 1. The molecule has 25 heavy (non-hydrogen) atoms. The van der Waals surface area contributed by atoms with Gasteiger partial charge in [0.15, 0.2) is 0 Å². The van der Waals surface area contributed by atoms with E-state index < -0.39 is 29.3 Å². The number of carbonyl (C=O) groups is 2. The molecular formula is C16H18ClF3N2O3. The van der Waals surface area contributed by atoms with E-state index in [1.165, 1.54) is 17.0 Å². The van der Waals surface area contributed by atoms with Gasteiger partial charge in [-0.05, 0) is 25.0 Å². The lowest BCUT2D eigenvalue weighted by molar-refractivity contribution is -0.137. The maximum Gasteiger partial charge on any atom is 0.417 e. The van der Waals surface area contributed by atoms with Crippen LogP contribution in [0.5, 0.6) is 0 Å². The quantitative estimate of drug-likeness (QED) is 0.818. The number of ether oxygens (including phenoxy) is 1. The highest BCUT2D eigenvalue weighted by molar-refractivity contribution is 6.18. The number of nitrogens with zero attached hydrogens (tertiary/aromatic N) is 1. The fraction of sp³-hybridized carbons (Fsp3) is 0.500. The fourth-order valence-electron chi connectivity index (χ4n) is 2.62. The highest BCUT2D eigenvalue weighted by atomic mass is 35.5. The number of nitrogens with one attached hydrogen (secondary N) is 1. The average Bonchev–Trinajstić information content (AvgIpc) is 2.59. The van der Waals surface area contributed by atoms with Gasteiger partial charge >= 0.3 is 12.3 Å². The third-order valence-electron chi connectivity index (χ3n) is 3.87. The maximum absolute atomic E-state index is 13.0. The molecule has 0 aliphatic carbocycles. The van der Waals surface area contributed by atoms with E-state index in [-0.39, 0.29) is 18.5 Å². The van der Waals surface area contributed by atoms with Gasteiger partial charge < -0.3 is 15.0 Å². The Kier molecular flexibility index (Phi) is 6.52. The molecule has 0 radical (unpaired) electrons. The van der Waals surface area contributed by atoms with E-state index in [9.17, 15) is 22.8 Å². The maximum atomic E-state index is 13.0. The summed E-state index contributed by atoms with van der Waals surface area (Å²) in [7, 11) is 0. The smallest absolute Gasteiger partial charge is 0.417 e. The highest BCUT2D eigenvalue weighted by Crippen LogP contribution is 2.31. The lowest BCUT2D eigenvalue weighted by atomic mass is 10.0. The van der Waals surface area contributed by atoms with Gasteiger partial charge in [-0.2, -0.15) is 13.2 Å². The Bertz CT molecular complexity index is 617. The molecule has 1 aliphatic heterocycles. The van der Waals surface area contributed by atoms with Crippen molar-refractivity contribution in [3.05, 3.63) is 35.4 Å². The molecule has 1 aromatic rings. The number of rotatable bonds is 4. The van der Waals surface area contributed by atoms with Crippen molar-refractivity contribution in [2.75, 3.05) is 25.6 Å². The first-order valence-electron chi connectivity index (χ1n) is 7.77. The lowest BCUT2D eigenvalue weighted by Crippen LogP contribution is -2.47. The zero-order valence-corrected chi connectivity index (χ0v) is 14.1.